The highest BCUT2D eigenvalue weighted by Crippen LogP contribution is 2.39. The van der Waals surface area contributed by atoms with Crippen LogP contribution < -0.4 is 10.2 Å². The van der Waals surface area contributed by atoms with Crippen LogP contribution in [0.15, 0.2) is 6.07 Å². The first-order valence-corrected chi connectivity index (χ1v) is 9.09. The molecule has 3 rings (SSSR count). The average molecular weight is 311 g/mol. The SMILES string of the molecule is CNc1cc(N2CCN(S(C)(=O)=O)CC2)nc(C2CC2)n1. The maximum atomic E-state index is 11.6. The molecule has 1 saturated heterocycles. The van der Waals surface area contributed by atoms with Crippen molar-refractivity contribution in [3.05, 3.63) is 11.9 Å². The minimum Gasteiger partial charge on any atom is -0.373 e. The van der Waals surface area contributed by atoms with Gasteiger partial charge >= 0.3 is 0 Å². The topological polar surface area (TPSA) is 78.4 Å². The molecule has 1 aliphatic heterocycles. The van der Waals surface area contributed by atoms with Crippen molar-refractivity contribution in [3.8, 4) is 0 Å². The molecule has 0 unspecified atom stereocenters. The van der Waals surface area contributed by atoms with Gasteiger partial charge in [0.05, 0.1) is 6.26 Å². The summed E-state index contributed by atoms with van der Waals surface area (Å²) in [7, 11) is -1.24. The van der Waals surface area contributed by atoms with Crippen LogP contribution in [0, 0.1) is 0 Å². The lowest BCUT2D eigenvalue weighted by Gasteiger charge is -2.34. The van der Waals surface area contributed by atoms with Gasteiger partial charge in [0.2, 0.25) is 10.0 Å². The highest BCUT2D eigenvalue weighted by atomic mass is 32.2. The van der Waals surface area contributed by atoms with Gasteiger partial charge in [0.15, 0.2) is 0 Å². The maximum Gasteiger partial charge on any atom is 0.211 e. The molecule has 1 saturated carbocycles. The van der Waals surface area contributed by atoms with E-state index in [-0.39, 0.29) is 0 Å². The summed E-state index contributed by atoms with van der Waals surface area (Å²) in [6.07, 6.45) is 3.58. The third kappa shape index (κ3) is 3.26. The van der Waals surface area contributed by atoms with Crippen molar-refractivity contribution in [1.29, 1.82) is 0 Å². The van der Waals surface area contributed by atoms with E-state index in [1.54, 1.807) is 0 Å². The molecule has 1 aliphatic carbocycles. The first-order valence-electron chi connectivity index (χ1n) is 7.24. The summed E-state index contributed by atoms with van der Waals surface area (Å²) in [6, 6.07) is 1.93. The van der Waals surface area contributed by atoms with Crippen molar-refractivity contribution in [3.63, 3.8) is 0 Å². The van der Waals surface area contributed by atoms with Gasteiger partial charge in [0.1, 0.15) is 17.5 Å². The molecule has 21 heavy (non-hydrogen) atoms. The van der Waals surface area contributed by atoms with E-state index >= 15 is 0 Å². The number of piperazine rings is 1. The van der Waals surface area contributed by atoms with Crippen LogP contribution in [-0.4, -0.2) is 62.2 Å². The first-order chi connectivity index (χ1) is 9.97. The third-order valence-corrected chi connectivity index (χ3v) is 5.26. The average Bonchev–Trinajstić information content (AvgIpc) is 3.30. The van der Waals surface area contributed by atoms with Crippen LogP contribution in [0.3, 0.4) is 0 Å². The molecule has 7 nitrogen and oxygen atoms in total. The molecule has 0 aromatic carbocycles. The van der Waals surface area contributed by atoms with Crippen LogP contribution in [0.4, 0.5) is 11.6 Å². The highest BCUT2D eigenvalue weighted by Gasteiger charge is 2.29. The predicted molar refractivity (Wildman–Crippen MR) is 82.2 cm³/mol. The van der Waals surface area contributed by atoms with Crippen LogP contribution >= 0.6 is 0 Å². The molecule has 1 aromatic heterocycles. The fourth-order valence-electron chi connectivity index (χ4n) is 2.52. The zero-order valence-corrected chi connectivity index (χ0v) is 13.2. The fraction of sp³-hybridized carbons (Fsp3) is 0.692. The van der Waals surface area contributed by atoms with Crippen LogP contribution in [0.2, 0.25) is 0 Å². The Balaban J connectivity index is 1.77. The molecule has 2 heterocycles. The second-order valence-electron chi connectivity index (χ2n) is 5.64. The van der Waals surface area contributed by atoms with E-state index < -0.39 is 10.0 Å². The van der Waals surface area contributed by atoms with Gasteiger partial charge < -0.3 is 10.2 Å². The Morgan fingerprint density at radius 2 is 1.86 bits per heavy atom. The highest BCUT2D eigenvalue weighted by molar-refractivity contribution is 7.88. The molecular formula is C13H21N5O2S. The van der Waals surface area contributed by atoms with E-state index in [4.69, 9.17) is 0 Å². The number of hydrogen-bond donors (Lipinski definition) is 1. The Bertz CT molecular complexity index is 621. The normalized spacial score (nSPS) is 20.6. The summed E-state index contributed by atoms with van der Waals surface area (Å²) in [5, 5.41) is 3.08. The summed E-state index contributed by atoms with van der Waals surface area (Å²) < 4.78 is 24.6. The Kier molecular flexibility index (Phi) is 3.75. The number of sulfonamides is 1. The predicted octanol–water partition coefficient (Wildman–Crippen LogP) is 0.477. The van der Waals surface area contributed by atoms with Crippen molar-refractivity contribution in [1.82, 2.24) is 14.3 Å². The maximum absolute atomic E-state index is 11.6. The smallest absolute Gasteiger partial charge is 0.211 e. The Morgan fingerprint density at radius 3 is 2.38 bits per heavy atom. The summed E-state index contributed by atoms with van der Waals surface area (Å²) in [4.78, 5) is 11.3. The van der Waals surface area contributed by atoms with Crippen LogP contribution in [-0.2, 0) is 10.0 Å². The largest absolute Gasteiger partial charge is 0.373 e. The van der Waals surface area contributed by atoms with Crippen molar-refractivity contribution < 1.29 is 8.42 Å². The Hall–Kier alpha value is -1.41. The number of aromatic nitrogens is 2. The van der Waals surface area contributed by atoms with E-state index in [0.717, 1.165) is 30.3 Å². The van der Waals surface area contributed by atoms with Crippen LogP contribution in [0.1, 0.15) is 24.6 Å². The Labute approximate surface area is 125 Å². The van der Waals surface area contributed by atoms with Gasteiger partial charge in [-0.3, -0.25) is 0 Å². The number of nitrogens with zero attached hydrogens (tertiary/aromatic N) is 4. The van der Waals surface area contributed by atoms with Gasteiger partial charge in [-0.25, -0.2) is 18.4 Å². The molecular weight excluding hydrogens is 290 g/mol. The van der Waals surface area contributed by atoms with Crippen LogP contribution in [0.5, 0.6) is 0 Å². The second kappa shape index (κ2) is 5.42. The van der Waals surface area contributed by atoms with Crippen LogP contribution in [0.25, 0.3) is 0 Å². The molecule has 0 spiro atoms. The lowest BCUT2D eigenvalue weighted by molar-refractivity contribution is 0.387. The number of nitrogens with one attached hydrogen (secondary N) is 1. The molecule has 2 fully saturated rings. The number of hydrogen-bond acceptors (Lipinski definition) is 6. The number of rotatable bonds is 4. The zero-order chi connectivity index (χ0) is 15.0. The molecule has 1 aromatic rings. The summed E-state index contributed by atoms with van der Waals surface area (Å²) in [5.41, 5.74) is 0. The summed E-state index contributed by atoms with van der Waals surface area (Å²) >= 11 is 0. The van der Waals surface area contributed by atoms with E-state index in [1.165, 1.54) is 10.6 Å². The lowest BCUT2D eigenvalue weighted by atomic mass is 10.3. The molecule has 0 amide bonds. The van der Waals surface area contributed by atoms with Crippen molar-refractivity contribution in [2.24, 2.45) is 0 Å². The van der Waals surface area contributed by atoms with Gasteiger partial charge in [-0.1, -0.05) is 0 Å². The molecule has 2 aliphatic rings. The number of anilines is 2. The first kappa shape index (κ1) is 14.5. The quantitative estimate of drug-likeness (QED) is 0.871. The van der Waals surface area contributed by atoms with Gasteiger partial charge in [0, 0.05) is 45.2 Å². The molecule has 8 heteroatoms. The molecule has 0 atom stereocenters. The fourth-order valence-corrected chi connectivity index (χ4v) is 3.34. The van der Waals surface area contributed by atoms with E-state index in [9.17, 15) is 8.42 Å². The Morgan fingerprint density at radius 1 is 1.19 bits per heavy atom. The summed E-state index contributed by atoms with van der Waals surface area (Å²) in [6.45, 7) is 2.35. The standard InChI is InChI=1S/C13H21N5O2S/c1-14-11-9-12(16-13(15-11)10-3-4-10)17-5-7-18(8-6-17)21(2,19)20/h9-10H,3-8H2,1-2H3,(H,14,15,16). The monoisotopic (exact) mass is 311 g/mol. The molecule has 0 radical (unpaired) electrons. The lowest BCUT2D eigenvalue weighted by Crippen LogP contribution is -2.48. The summed E-state index contributed by atoms with van der Waals surface area (Å²) in [5.74, 6) is 3.12. The molecule has 0 bridgehead atoms. The van der Waals surface area contributed by atoms with Gasteiger partial charge in [-0.05, 0) is 12.8 Å². The molecule has 116 valence electrons. The van der Waals surface area contributed by atoms with Crippen molar-refractivity contribution in [2.45, 2.75) is 18.8 Å². The van der Waals surface area contributed by atoms with E-state index in [1.807, 2.05) is 13.1 Å². The zero-order valence-electron chi connectivity index (χ0n) is 12.4. The van der Waals surface area contributed by atoms with Crippen molar-refractivity contribution in [2.75, 3.05) is 49.7 Å². The minimum absolute atomic E-state index is 0.495. The van der Waals surface area contributed by atoms with E-state index in [0.29, 0.717) is 32.1 Å². The van der Waals surface area contributed by atoms with Crippen molar-refractivity contribution >= 4 is 21.7 Å². The minimum atomic E-state index is -3.09. The van der Waals surface area contributed by atoms with E-state index in [2.05, 4.69) is 20.2 Å². The second-order valence-corrected chi connectivity index (χ2v) is 7.63. The third-order valence-electron chi connectivity index (χ3n) is 3.96. The molecule has 1 N–H and O–H groups in total. The van der Waals surface area contributed by atoms with Gasteiger partial charge in [0.25, 0.3) is 0 Å². The van der Waals surface area contributed by atoms with Gasteiger partial charge in [-0.2, -0.15) is 4.31 Å². The van der Waals surface area contributed by atoms with Gasteiger partial charge in [-0.15, -0.1) is 0 Å².